The molecule has 0 fully saturated rings. The number of nitrogens with one attached hydrogen (secondary N) is 2. The molecule has 3 aromatic rings. The van der Waals surface area contributed by atoms with Gasteiger partial charge in [0.05, 0.1) is 27.8 Å². The van der Waals surface area contributed by atoms with Crippen LogP contribution in [0.1, 0.15) is 33.2 Å². The second kappa shape index (κ2) is 10.2. The average Bonchev–Trinajstić information content (AvgIpc) is 2.73. The Morgan fingerprint density at radius 3 is 2.27 bits per heavy atom. The summed E-state index contributed by atoms with van der Waals surface area (Å²) in [7, 11) is -4.10. The van der Waals surface area contributed by atoms with Gasteiger partial charge in [0.1, 0.15) is 4.90 Å². The fourth-order valence-corrected chi connectivity index (χ4v) is 4.84. The first-order valence-corrected chi connectivity index (χ1v) is 12.0. The quantitative estimate of drug-likeness (QED) is 0.410. The number of hydrogen-bond donors (Lipinski definition) is 2. The van der Waals surface area contributed by atoms with E-state index in [1.165, 1.54) is 30.3 Å². The monoisotopic (exact) mass is 506 g/mol. The van der Waals surface area contributed by atoms with Crippen LogP contribution in [0, 0.1) is 6.92 Å². The highest BCUT2D eigenvalue weighted by molar-refractivity contribution is 7.92. The van der Waals surface area contributed by atoms with Crippen LogP contribution in [0.15, 0.2) is 65.6 Å². The van der Waals surface area contributed by atoms with Gasteiger partial charge >= 0.3 is 5.97 Å². The van der Waals surface area contributed by atoms with Gasteiger partial charge in [-0.3, -0.25) is 9.52 Å². The summed E-state index contributed by atoms with van der Waals surface area (Å²) in [6, 6.07) is 15.2. The fraction of sp³-hybridized carbons (Fsp3) is 0.130. The van der Waals surface area contributed by atoms with Crippen LogP contribution in [0.3, 0.4) is 0 Å². The SMILES string of the molecule is CCOC(=O)c1ccc(NC(=O)c2cc(S(=O)(=O)Nc3cccc(C)c3)c(Cl)cc2Cl)cc1. The van der Waals surface area contributed by atoms with Crippen molar-refractivity contribution < 1.29 is 22.7 Å². The van der Waals surface area contributed by atoms with Crippen molar-refractivity contribution in [1.82, 2.24) is 0 Å². The van der Waals surface area contributed by atoms with Crippen molar-refractivity contribution in [3.63, 3.8) is 0 Å². The minimum absolute atomic E-state index is 0.0184. The Labute approximate surface area is 201 Å². The van der Waals surface area contributed by atoms with E-state index in [1.807, 2.05) is 13.0 Å². The summed E-state index contributed by atoms with van der Waals surface area (Å²) in [6.07, 6.45) is 0. The summed E-state index contributed by atoms with van der Waals surface area (Å²) < 4.78 is 33.2. The molecule has 0 aliphatic carbocycles. The lowest BCUT2D eigenvalue weighted by Crippen LogP contribution is -2.17. The lowest BCUT2D eigenvalue weighted by Gasteiger charge is -2.13. The second-order valence-electron chi connectivity index (χ2n) is 6.99. The number of ether oxygens (including phenoxy) is 1. The molecule has 172 valence electrons. The van der Waals surface area contributed by atoms with Gasteiger partial charge in [-0.25, -0.2) is 13.2 Å². The molecule has 2 N–H and O–H groups in total. The minimum Gasteiger partial charge on any atom is -0.462 e. The van der Waals surface area contributed by atoms with E-state index in [-0.39, 0.29) is 27.1 Å². The molecule has 3 aromatic carbocycles. The molecule has 0 heterocycles. The zero-order valence-electron chi connectivity index (χ0n) is 17.7. The summed E-state index contributed by atoms with van der Waals surface area (Å²) in [6.45, 7) is 3.78. The van der Waals surface area contributed by atoms with E-state index < -0.39 is 21.9 Å². The van der Waals surface area contributed by atoms with Crippen molar-refractivity contribution >= 4 is 56.5 Å². The summed E-state index contributed by atoms with van der Waals surface area (Å²) >= 11 is 12.3. The van der Waals surface area contributed by atoms with Crippen LogP contribution in [-0.2, 0) is 14.8 Å². The standard InChI is InChI=1S/C23H20Cl2N2O5S/c1-3-32-23(29)15-7-9-16(10-8-15)26-22(28)18-12-21(20(25)13-19(18)24)33(30,31)27-17-6-4-5-14(2)11-17/h4-13,27H,3H2,1-2H3,(H,26,28). The number of carbonyl (C=O) groups is 2. The molecule has 7 nitrogen and oxygen atoms in total. The fourth-order valence-electron chi connectivity index (χ4n) is 2.93. The van der Waals surface area contributed by atoms with Gasteiger partial charge < -0.3 is 10.1 Å². The molecule has 0 unspecified atom stereocenters. The van der Waals surface area contributed by atoms with Gasteiger partial charge in [-0.05, 0) is 67.9 Å². The molecule has 10 heteroatoms. The molecule has 0 spiro atoms. The molecule has 0 atom stereocenters. The van der Waals surface area contributed by atoms with Crippen molar-refractivity contribution in [3.8, 4) is 0 Å². The van der Waals surface area contributed by atoms with Gasteiger partial charge in [-0.1, -0.05) is 35.3 Å². The maximum Gasteiger partial charge on any atom is 0.338 e. The number of aryl methyl sites for hydroxylation is 1. The summed E-state index contributed by atoms with van der Waals surface area (Å²) in [5.74, 6) is -1.13. The highest BCUT2D eigenvalue weighted by atomic mass is 35.5. The predicted molar refractivity (Wildman–Crippen MR) is 129 cm³/mol. The first-order chi connectivity index (χ1) is 15.6. The van der Waals surface area contributed by atoms with Crippen molar-refractivity contribution in [2.75, 3.05) is 16.6 Å². The Balaban J connectivity index is 1.86. The van der Waals surface area contributed by atoms with Gasteiger partial charge in [0.15, 0.2) is 0 Å². The van der Waals surface area contributed by atoms with Crippen LogP contribution < -0.4 is 10.0 Å². The largest absolute Gasteiger partial charge is 0.462 e. The third-order valence-electron chi connectivity index (χ3n) is 4.48. The summed E-state index contributed by atoms with van der Waals surface area (Å²) in [5, 5.41) is 2.47. The molecule has 33 heavy (non-hydrogen) atoms. The Bertz CT molecular complexity index is 1310. The Hall–Kier alpha value is -3.07. The molecule has 1 amide bonds. The molecule has 0 radical (unpaired) electrons. The number of carbonyl (C=O) groups excluding carboxylic acids is 2. The number of sulfonamides is 1. The lowest BCUT2D eigenvalue weighted by molar-refractivity contribution is 0.0526. The topological polar surface area (TPSA) is 102 Å². The molecule has 0 saturated heterocycles. The first-order valence-electron chi connectivity index (χ1n) is 9.78. The number of anilines is 2. The van der Waals surface area contributed by atoms with Crippen LogP contribution in [0.4, 0.5) is 11.4 Å². The zero-order valence-corrected chi connectivity index (χ0v) is 20.0. The smallest absolute Gasteiger partial charge is 0.338 e. The molecule has 0 saturated carbocycles. The highest BCUT2D eigenvalue weighted by Crippen LogP contribution is 2.30. The Morgan fingerprint density at radius 1 is 0.939 bits per heavy atom. The average molecular weight is 507 g/mol. The van der Waals surface area contributed by atoms with Gasteiger partial charge in [0.25, 0.3) is 15.9 Å². The maximum atomic E-state index is 12.9. The van der Waals surface area contributed by atoms with Crippen LogP contribution >= 0.6 is 23.2 Å². The third kappa shape index (κ3) is 6.04. The van der Waals surface area contributed by atoms with E-state index in [0.717, 1.165) is 11.6 Å². The lowest BCUT2D eigenvalue weighted by atomic mass is 10.2. The molecular weight excluding hydrogens is 487 g/mol. The van der Waals surface area contributed by atoms with Crippen LogP contribution in [0.5, 0.6) is 0 Å². The van der Waals surface area contributed by atoms with Crippen molar-refractivity contribution in [1.29, 1.82) is 0 Å². The number of amides is 1. The van der Waals surface area contributed by atoms with Crippen LogP contribution in [0.2, 0.25) is 10.0 Å². The molecule has 0 aliphatic rings. The van der Waals surface area contributed by atoms with E-state index in [4.69, 9.17) is 27.9 Å². The van der Waals surface area contributed by atoms with Gasteiger partial charge in [0, 0.05) is 11.4 Å². The van der Waals surface area contributed by atoms with Crippen molar-refractivity contribution in [3.05, 3.63) is 87.4 Å². The van der Waals surface area contributed by atoms with Crippen LogP contribution in [0.25, 0.3) is 0 Å². The molecule has 3 rings (SSSR count). The normalized spacial score (nSPS) is 11.0. The van der Waals surface area contributed by atoms with Crippen molar-refractivity contribution in [2.24, 2.45) is 0 Å². The second-order valence-corrected chi connectivity index (χ2v) is 9.45. The van der Waals surface area contributed by atoms with Crippen LogP contribution in [-0.4, -0.2) is 26.9 Å². The maximum absolute atomic E-state index is 12.9. The van der Waals surface area contributed by atoms with E-state index in [9.17, 15) is 18.0 Å². The number of halogens is 2. The van der Waals surface area contributed by atoms with Gasteiger partial charge in [-0.15, -0.1) is 0 Å². The number of rotatable bonds is 7. The molecular formula is C23H20Cl2N2O5S. The van der Waals surface area contributed by atoms with Gasteiger partial charge in [-0.2, -0.15) is 0 Å². The molecule has 0 bridgehead atoms. The number of benzene rings is 3. The number of hydrogen-bond acceptors (Lipinski definition) is 5. The van der Waals surface area contributed by atoms with Gasteiger partial charge in [0.2, 0.25) is 0 Å². The minimum atomic E-state index is -4.10. The van der Waals surface area contributed by atoms with E-state index in [0.29, 0.717) is 16.9 Å². The third-order valence-corrected chi connectivity index (χ3v) is 6.64. The van der Waals surface area contributed by atoms with Crippen molar-refractivity contribution in [2.45, 2.75) is 18.7 Å². The Kier molecular flexibility index (Phi) is 7.63. The Morgan fingerprint density at radius 2 is 1.64 bits per heavy atom. The zero-order chi connectivity index (χ0) is 24.2. The molecule has 0 aliphatic heterocycles. The predicted octanol–water partition coefficient (Wildman–Crippen LogP) is 5.53. The molecule has 0 aromatic heterocycles. The summed E-state index contributed by atoms with van der Waals surface area (Å²) in [5.41, 5.74) is 1.84. The highest BCUT2D eigenvalue weighted by Gasteiger charge is 2.23. The van der Waals surface area contributed by atoms with E-state index >= 15 is 0 Å². The van der Waals surface area contributed by atoms with E-state index in [2.05, 4.69) is 10.0 Å². The number of esters is 1. The van der Waals surface area contributed by atoms with E-state index in [1.54, 1.807) is 25.1 Å². The first kappa shape index (κ1) is 24.6. The summed E-state index contributed by atoms with van der Waals surface area (Å²) in [4.78, 5) is 24.3.